The number of hydrogen-bond donors (Lipinski definition) is 3. The van der Waals surface area contributed by atoms with E-state index in [0.29, 0.717) is 0 Å². The molecule has 0 aliphatic heterocycles. The number of rotatable bonds is 5. The van der Waals surface area contributed by atoms with E-state index < -0.39 is 12.1 Å². The first-order valence-electron chi connectivity index (χ1n) is 5.21. The molecule has 0 aliphatic carbocycles. The Hall–Kier alpha value is -1.10. The SMILES string of the molecule is CCC(C)C(N)C(=O)NC(C)C(=O)NC. The van der Waals surface area contributed by atoms with E-state index >= 15 is 0 Å². The molecule has 0 bridgehead atoms. The number of amides is 2. The van der Waals surface area contributed by atoms with Crippen LogP contribution >= 0.6 is 0 Å². The summed E-state index contributed by atoms with van der Waals surface area (Å²) in [4.78, 5) is 22.7. The summed E-state index contributed by atoms with van der Waals surface area (Å²) in [7, 11) is 1.53. The van der Waals surface area contributed by atoms with Gasteiger partial charge in [-0.3, -0.25) is 9.59 Å². The molecule has 5 heteroatoms. The van der Waals surface area contributed by atoms with Crippen LogP contribution in [0, 0.1) is 5.92 Å². The summed E-state index contributed by atoms with van der Waals surface area (Å²) in [6.07, 6.45) is 0.836. The molecule has 88 valence electrons. The fraction of sp³-hybridized carbons (Fsp3) is 0.800. The molecule has 4 N–H and O–H groups in total. The van der Waals surface area contributed by atoms with Gasteiger partial charge in [0.1, 0.15) is 6.04 Å². The zero-order valence-electron chi connectivity index (χ0n) is 9.83. The van der Waals surface area contributed by atoms with Crippen LogP contribution in [0.1, 0.15) is 27.2 Å². The van der Waals surface area contributed by atoms with E-state index in [0.717, 1.165) is 6.42 Å². The van der Waals surface area contributed by atoms with Crippen LogP contribution in [0.25, 0.3) is 0 Å². The molecule has 2 amide bonds. The monoisotopic (exact) mass is 215 g/mol. The molecule has 0 fully saturated rings. The molecule has 15 heavy (non-hydrogen) atoms. The summed E-state index contributed by atoms with van der Waals surface area (Å²) in [5, 5.41) is 5.03. The maximum absolute atomic E-state index is 11.6. The van der Waals surface area contributed by atoms with Crippen LogP contribution in [0.3, 0.4) is 0 Å². The minimum absolute atomic E-state index is 0.113. The Bertz CT molecular complexity index is 231. The summed E-state index contributed by atoms with van der Waals surface area (Å²) >= 11 is 0. The van der Waals surface area contributed by atoms with E-state index in [9.17, 15) is 9.59 Å². The van der Waals surface area contributed by atoms with E-state index in [1.54, 1.807) is 6.92 Å². The summed E-state index contributed by atoms with van der Waals surface area (Å²) in [6.45, 7) is 5.51. The van der Waals surface area contributed by atoms with E-state index in [2.05, 4.69) is 10.6 Å². The second-order valence-corrected chi connectivity index (χ2v) is 3.76. The Morgan fingerprint density at radius 1 is 1.27 bits per heavy atom. The zero-order valence-corrected chi connectivity index (χ0v) is 9.83. The van der Waals surface area contributed by atoms with Gasteiger partial charge in [0, 0.05) is 7.05 Å². The Morgan fingerprint density at radius 3 is 2.20 bits per heavy atom. The van der Waals surface area contributed by atoms with Gasteiger partial charge in [-0.1, -0.05) is 20.3 Å². The van der Waals surface area contributed by atoms with Gasteiger partial charge in [0.05, 0.1) is 6.04 Å². The molecule has 0 heterocycles. The first kappa shape index (κ1) is 13.9. The van der Waals surface area contributed by atoms with Crippen LogP contribution in [0.15, 0.2) is 0 Å². The Balaban J connectivity index is 4.18. The Kier molecular flexibility index (Phi) is 5.93. The van der Waals surface area contributed by atoms with Gasteiger partial charge in [0.25, 0.3) is 0 Å². The van der Waals surface area contributed by atoms with E-state index in [4.69, 9.17) is 5.73 Å². The molecule has 0 radical (unpaired) electrons. The summed E-state index contributed by atoms with van der Waals surface area (Å²) in [6, 6.07) is -1.10. The third-order valence-corrected chi connectivity index (χ3v) is 2.56. The third-order valence-electron chi connectivity index (χ3n) is 2.56. The standard InChI is InChI=1S/C10H21N3O2/c1-5-6(2)8(11)10(15)13-7(3)9(14)12-4/h6-8H,5,11H2,1-4H3,(H,12,14)(H,13,15). The van der Waals surface area contributed by atoms with Gasteiger partial charge in [0.15, 0.2) is 0 Å². The lowest BCUT2D eigenvalue weighted by Gasteiger charge is -2.20. The molecule has 0 aromatic rings. The van der Waals surface area contributed by atoms with E-state index in [-0.39, 0.29) is 17.7 Å². The number of likely N-dealkylation sites (N-methyl/N-ethyl adjacent to an activating group) is 1. The van der Waals surface area contributed by atoms with Crippen LogP contribution in [-0.4, -0.2) is 30.9 Å². The summed E-state index contributed by atoms with van der Waals surface area (Å²) < 4.78 is 0. The number of nitrogens with one attached hydrogen (secondary N) is 2. The van der Waals surface area contributed by atoms with Crippen LogP contribution in [0.2, 0.25) is 0 Å². The van der Waals surface area contributed by atoms with Gasteiger partial charge in [0.2, 0.25) is 11.8 Å². The van der Waals surface area contributed by atoms with Crippen molar-refractivity contribution in [3.63, 3.8) is 0 Å². The predicted octanol–water partition coefficient (Wildman–Crippen LogP) is -0.389. The fourth-order valence-electron chi connectivity index (χ4n) is 1.10. The van der Waals surface area contributed by atoms with Gasteiger partial charge < -0.3 is 16.4 Å². The Morgan fingerprint density at radius 2 is 1.80 bits per heavy atom. The highest BCUT2D eigenvalue weighted by Gasteiger charge is 2.22. The molecule has 0 rings (SSSR count). The highest BCUT2D eigenvalue weighted by molar-refractivity contribution is 5.89. The second kappa shape index (κ2) is 6.40. The third kappa shape index (κ3) is 4.29. The van der Waals surface area contributed by atoms with Crippen molar-refractivity contribution in [2.45, 2.75) is 39.3 Å². The molecule has 0 spiro atoms. The van der Waals surface area contributed by atoms with Gasteiger partial charge in [-0.05, 0) is 12.8 Å². The molecule has 0 aromatic carbocycles. The molecule has 3 unspecified atom stereocenters. The average Bonchev–Trinajstić information content (AvgIpc) is 2.25. The molecule has 5 nitrogen and oxygen atoms in total. The van der Waals surface area contributed by atoms with Crippen LogP contribution in [0.5, 0.6) is 0 Å². The maximum atomic E-state index is 11.6. The van der Waals surface area contributed by atoms with Crippen molar-refractivity contribution < 1.29 is 9.59 Å². The van der Waals surface area contributed by atoms with Crippen LogP contribution in [0.4, 0.5) is 0 Å². The molecular formula is C10H21N3O2. The van der Waals surface area contributed by atoms with Crippen LogP contribution < -0.4 is 16.4 Å². The molecule has 0 aliphatic rings. The normalized spacial score (nSPS) is 16.3. The van der Waals surface area contributed by atoms with Gasteiger partial charge in [-0.15, -0.1) is 0 Å². The van der Waals surface area contributed by atoms with Crippen molar-refractivity contribution in [1.29, 1.82) is 0 Å². The van der Waals surface area contributed by atoms with Gasteiger partial charge in [-0.2, -0.15) is 0 Å². The minimum atomic E-state index is -0.554. The van der Waals surface area contributed by atoms with Crippen LogP contribution in [-0.2, 0) is 9.59 Å². The van der Waals surface area contributed by atoms with Crippen molar-refractivity contribution in [3.8, 4) is 0 Å². The first-order chi connectivity index (χ1) is 6.93. The van der Waals surface area contributed by atoms with Crippen molar-refractivity contribution in [2.24, 2.45) is 11.7 Å². The van der Waals surface area contributed by atoms with E-state index in [1.165, 1.54) is 7.05 Å². The van der Waals surface area contributed by atoms with Crippen molar-refractivity contribution in [3.05, 3.63) is 0 Å². The van der Waals surface area contributed by atoms with Gasteiger partial charge in [-0.25, -0.2) is 0 Å². The number of carbonyl (C=O) groups excluding carboxylic acids is 2. The average molecular weight is 215 g/mol. The zero-order chi connectivity index (χ0) is 12.0. The minimum Gasteiger partial charge on any atom is -0.357 e. The van der Waals surface area contributed by atoms with Crippen molar-refractivity contribution in [2.75, 3.05) is 7.05 Å². The van der Waals surface area contributed by atoms with Crippen molar-refractivity contribution >= 4 is 11.8 Å². The van der Waals surface area contributed by atoms with Gasteiger partial charge >= 0.3 is 0 Å². The summed E-state index contributed by atoms with van der Waals surface area (Å²) in [5.41, 5.74) is 5.72. The molecule has 0 saturated carbocycles. The molecule has 0 saturated heterocycles. The highest BCUT2D eigenvalue weighted by Crippen LogP contribution is 2.05. The molecular weight excluding hydrogens is 194 g/mol. The lowest BCUT2D eigenvalue weighted by atomic mass is 9.99. The fourth-order valence-corrected chi connectivity index (χ4v) is 1.10. The maximum Gasteiger partial charge on any atom is 0.242 e. The Labute approximate surface area is 90.8 Å². The quantitative estimate of drug-likeness (QED) is 0.584. The van der Waals surface area contributed by atoms with E-state index in [1.807, 2.05) is 13.8 Å². The van der Waals surface area contributed by atoms with Crippen molar-refractivity contribution in [1.82, 2.24) is 10.6 Å². The predicted molar refractivity (Wildman–Crippen MR) is 59.1 cm³/mol. The summed E-state index contributed by atoms with van der Waals surface area (Å²) in [5.74, 6) is -0.387. The molecule has 0 aromatic heterocycles. The second-order valence-electron chi connectivity index (χ2n) is 3.76. The first-order valence-corrected chi connectivity index (χ1v) is 5.21. The largest absolute Gasteiger partial charge is 0.357 e. The number of hydrogen-bond acceptors (Lipinski definition) is 3. The lowest BCUT2D eigenvalue weighted by molar-refractivity contribution is -0.129. The topological polar surface area (TPSA) is 84.2 Å². The number of carbonyl (C=O) groups is 2. The molecule has 3 atom stereocenters. The smallest absolute Gasteiger partial charge is 0.242 e. The highest BCUT2D eigenvalue weighted by atomic mass is 16.2. The lowest BCUT2D eigenvalue weighted by Crippen LogP contribution is -2.51. The number of nitrogens with two attached hydrogens (primary N) is 1.